The molecule has 1 atom stereocenters. The van der Waals surface area contributed by atoms with Gasteiger partial charge in [-0.2, -0.15) is 0 Å². The summed E-state index contributed by atoms with van der Waals surface area (Å²) in [7, 11) is 2.04. The van der Waals surface area contributed by atoms with Gasteiger partial charge in [0, 0.05) is 44.1 Å². The van der Waals surface area contributed by atoms with Gasteiger partial charge in [-0.05, 0) is 61.0 Å². The van der Waals surface area contributed by atoms with E-state index in [9.17, 15) is 4.21 Å². The molecule has 7 heteroatoms. The van der Waals surface area contributed by atoms with Crippen LogP contribution in [0, 0.1) is 6.92 Å². The zero-order valence-electron chi connectivity index (χ0n) is 22.1. The van der Waals surface area contributed by atoms with Crippen LogP contribution in [-0.4, -0.2) is 49.5 Å². The summed E-state index contributed by atoms with van der Waals surface area (Å²) in [5.41, 5.74) is 4.42. The lowest BCUT2D eigenvalue weighted by atomic mass is 10.1. The number of hydrogen-bond donors (Lipinski definition) is 1. The Morgan fingerprint density at radius 1 is 0.833 bits per heavy atom. The predicted molar refractivity (Wildman–Crippen MR) is 151 cm³/mol. The van der Waals surface area contributed by atoms with Gasteiger partial charge in [0.1, 0.15) is 11.0 Å². The van der Waals surface area contributed by atoms with Gasteiger partial charge in [0.25, 0.3) is 0 Å². The van der Waals surface area contributed by atoms with E-state index in [1.54, 1.807) is 14.2 Å². The SMILES string of the molecule is CCC.COc1ccc(CN2CCN(c3ccc(S(=O)Nc4ccc(C)cc4)cc3)CC2)cc1OC. The number of benzene rings is 3. The second-order valence-corrected chi connectivity index (χ2v) is 10.1. The lowest BCUT2D eigenvalue weighted by Gasteiger charge is -2.36. The van der Waals surface area contributed by atoms with E-state index in [-0.39, 0.29) is 0 Å². The molecule has 0 aromatic heterocycles. The number of anilines is 2. The van der Waals surface area contributed by atoms with Crippen molar-refractivity contribution in [2.75, 3.05) is 50.0 Å². The molecule has 1 fully saturated rings. The van der Waals surface area contributed by atoms with E-state index in [1.165, 1.54) is 17.5 Å². The van der Waals surface area contributed by atoms with Crippen molar-refractivity contribution in [2.24, 2.45) is 0 Å². The lowest BCUT2D eigenvalue weighted by Crippen LogP contribution is -2.45. The van der Waals surface area contributed by atoms with Crippen molar-refractivity contribution in [3.05, 3.63) is 77.9 Å². The summed E-state index contributed by atoms with van der Waals surface area (Å²) in [5.74, 6) is 1.52. The van der Waals surface area contributed by atoms with Crippen LogP contribution in [0.5, 0.6) is 11.5 Å². The first-order valence-electron chi connectivity index (χ1n) is 12.5. The number of methoxy groups -OCH3 is 2. The second-order valence-electron chi connectivity index (χ2n) is 8.89. The normalized spacial score (nSPS) is 14.4. The van der Waals surface area contributed by atoms with Crippen molar-refractivity contribution in [1.82, 2.24) is 4.90 Å². The minimum Gasteiger partial charge on any atom is -0.493 e. The summed E-state index contributed by atoms with van der Waals surface area (Å²) in [4.78, 5) is 5.60. The van der Waals surface area contributed by atoms with Crippen molar-refractivity contribution < 1.29 is 13.7 Å². The fourth-order valence-corrected chi connectivity index (χ4v) is 4.82. The Hall–Kier alpha value is -3.03. The first-order valence-corrected chi connectivity index (χ1v) is 13.7. The predicted octanol–water partition coefficient (Wildman–Crippen LogP) is 5.89. The number of nitrogens with zero attached hydrogens (tertiary/aromatic N) is 2. The van der Waals surface area contributed by atoms with Crippen LogP contribution in [0.1, 0.15) is 31.4 Å². The van der Waals surface area contributed by atoms with E-state index < -0.39 is 11.0 Å². The third-order valence-electron chi connectivity index (χ3n) is 5.90. The zero-order valence-corrected chi connectivity index (χ0v) is 22.9. The van der Waals surface area contributed by atoms with Gasteiger partial charge >= 0.3 is 0 Å². The Balaban J connectivity index is 0.00000115. The number of aryl methyl sites for hydroxylation is 1. The third-order valence-corrected chi connectivity index (χ3v) is 7.03. The average Bonchev–Trinajstić information content (AvgIpc) is 2.91. The van der Waals surface area contributed by atoms with Gasteiger partial charge in [0.05, 0.1) is 19.1 Å². The van der Waals surface area contributed by atoms with Crippen LogP contribution in [0.25, 0.3) is 0 Å². The Labute approximate surface area is 218 Å². The van der Waals surface area contributed by atoms with Gasteiger partial charge in [-0.3, -0.25) is 4.90 Å². The van der Waals surface area contributed by atoms with E-state index in [0.29, 0.717) is 0 Å². The summed E-state index contributed by atoms with van der Waals surface area (Å²) in [6, 6.07) is 22.0. The van der Waals surface area contributed by atoms with E-state index in [2.05, 4.69) is 52.6 Å². The van der Waals surface area contributed by atoms with Crippen LogP contribution >= 0.6 is 0 Å². The van der Waals surface area contributed by atoms with Crippen LogP contribution in [0.3, 0.4) is 0 Å². The van der Waals surface area contributed by atoms with Gasteiger partial charge < -0.3 is 19.1 Å². The molecule has 0 saturated carbocycles. The molecule has 0 spiro atoms. The molecule has 1 heterocycles. The second kappa shape index (κ2) is 13.9. The molecule has 4 rings (SSSR count). The summed E-state index contributed by atoms with van der Waals surface area (Å²) in [6.45, 7) is 11.1. The molecule has 194 valence electrons. The third kappa shape index (κ3) is 7.73. The van der Waals surface area contributed by atoms with Crippen molar-refractivity contribution in [2.45, 2.75) is 38.6 Å². The molecule has 1 saturated heterocycles. The summed E-state index contributed by atoms with van der Waals surface area (Å²) >= 11 is 0. The highest BCUT2D eigenvalue weighted by molar-refractivity contribution is 7.86. The lowest BCUT2D eigenvalue weighted by molar-refractivity contribution is 0.249. The first-order chi connectivity index (χ1) is 17.5. The summed E-state index contributed by atoms with van der Waals surface area (Å²) in [5, 5.41) is 0. The number of ether oxygens (including phenoxy) is 2. The largest absolute Gasteiger partial charge is 0.493 e. The highest BCUT2D eigenvalue weighted by atomic mass is 32.2. The first kappa shape index (κ1) is 27.6. The molecule has 0 amide bonds. The molecule has 1 aliphatic heterocycles. The van der Waals surface area contributed by atoms with Crippen molar-refractivity contribution >= 4 is 22.4 Å². The maximum absolute atomic E-state index is 12.7. The number of piperazine rings is 1. The topological polar surface area (TPSA) is 54.0 Å². The van der Waals surface area contributed by atoms with Gasteiger partial charge in [-0.15, -0.1) is 0 Å². The molecule has 0 bridgehead atoms. The van der Waals surface area contributed by atoms with Crippen molar-refractivity contribution in [3.8, 4) is 11.5 Å². The molecule has 0 radical (unpaired) electrons. The Bertz CT molecular complexity index is 1100. The molecule has 3 aromatic carbocycles. The standard InChI is InChI=1S/C26H31N3O3S.C3H8/c1-20-4-7-22(8-5-20)27-33(30)24-11-9-23(10-12-24)29-16-14-28(15-17-29)19-21-6-13-25(31-2)26(18-21)32-3;1-3-2/h4-13,18,27H,14-17,19H2,1-3H3;3H2,1-2H3. The van der Waals surface area contributed by atoms with Crippen LogP contribution in [0.15, 0.2) is 71.6 Å². The number of hydrogen-bond acceptors (Lipinski definition) is 5. The van der Waals surface area contributed by atoms with Crippen LogP contribution in [-0.2, 0) is 17.5 Å². The Kier molecular flexibility index (Phi) is 10.6. The fraction of sp³-hybridized carbons (Fsp3) is 0.379. The molecule has 3 aromatic rings. The van der Waals surface area contributed by atoms with E-state index >= 15 is 0 Å². The molecule has 1 aliphatic rings. The number of rotatable bonds is 8. The summed E-state index contributed by atoms with van der Waals surface area (Å²) in [6.07, 6.45) is 1.25. The average molecular weight is 510 g/mol. The van der Waals surface area contributed by atoms with Crippen LogP contribution in [0.4, 0.5) is 11.4 Å². The zero-order chi connectivity index (χ0) is 25.9. The van der Waals surface area contributed by atoms with E-state index in [1.807, 2.05) is 49.4 Å². The van der Waals surface area contributed by atoms with Crippen molar-refractivity contribution in [3.63, 3.8) is 0 Å². The van der Waals surface area contributed by atoms with E-state index in [4.69, 9.17) is 9.47 Å². The summed E-state index contributed by atoms with van der Waals surface area (Å²) < 4.78 is 26.5. The van der Waals surface area contributed by atoms with Gasteiger partial charge in [0.2, 0.25) is 0 Å². The molecular formula is C29H39N3O3S. The fourth-order valence-electron chi connectivity index (χ4n) is 3.97. The Morgan fingerprint density at radius 2 is 1.44 bits per heavy atom. The smallest absolute Gasteiger partial charge is 0.161 e. The van der Waals surface area contributed by atoms with Gasteiger partial charge in [-0.1, -0.05) is 44.0 Å². The molecule has 1 unspecified atom stereocenters. The minimum absolute atomic E-state index is 0.754. The van der Waals surface area contributed by atoms with Crippen LogP contribution < -0.4 is 19.1 Å². The molecule has 6 nitrogen and oxygen atoms in total. The van der Waals surface area contributed by atoms with Crippen LogP contribution in [0.2, 0.25) is 0 Å². The van der Waals surface area contributed by atoms with E-state index in [0.717, 1.165) is 60.5 Å². The minimum atomic E-state index is -1.28. The number of nitrogens with one attached hydrogen (secondary N) is 1. The highest BCUT2D eigenvalue weighted by Gasteiger charge is 2.18. The molecule has 36 heavy (non-hydrogen) atoms. The molecule has 0 aliphatic carbocycles. The quantitative estimate of drug-likeness (QED) is 0.411. The van der Waals surface area contributed by atoms with Crippen molar-refractivity contribution in [1.29, 1.82) is 0 Å². The molecule has 1 N–H and O–H groups in total. The Morgan fingerprint density at radius 3 is 2.03 bits per heavy atom. The molecular weight excluding hydrogens is 470 g/mol. The van der Waals surface area contributed by atoms with Gasteiger partial charge in [-0.25, -0.2) is 4.21 Å². The maximum atomic E-state index is 12.7. The monoisotopic (exact) mass is 509 g/mol. The maximum Gasteiger partial charge on any atom is 0.161 e. The van der Waals surface area contributed by atoms with Gasteiger partial charge in [0.15, 0.2) is 11.5 Å². The highest BCUT2D eigenvalue weighted by Crippen LogP contribution is 2.28.